The first-order valence-electron chi connectivity index (χ1n) is 7.01. The number of halogens is 1. The van der Waals surface area contributed by atoms with Crippen molar-refractivity contribution in [3.8, 4) is 0 Å². The van der Waals surface area contributed by atoms with Crippen molar-refractivity contribution in [3.05, 3.63) is 34.3 Å². The fourth-order valence-corrected chi connectivity index (χ4v) is 2.78. The van der Waals surface area contributed by atoms with Gasteiger partial charge in [0.05, 0.1) is 6.04 Å². The quantitative estimate of drug-likeness (QED) is 0.812. The van der Waals surface area contributed by atoms with E-state index in [-0.39, 0.29) is 0 Å². The molecule has 2 unspecified atom stereocenters. The number of carbonyl (C=O) groups is 2. The first-order valence-corrected chi connectivity index (χ1v) is 7.81. The van der Waals surface area contributed by atoms with E-state index in [0.717, 1.165) is 10.0 Å². The maximum atomic E-state index is 12.5. The van der Waals surface area contributed by atoms with Crippen LogP contribution in [0.5, 0.6) is 0 Å². The minimum Gasteiger partial charge on any atom is -0.459 e. The first-order chi connectivity index (χ1) is 10.2. The third-order valence-electron chi connectivity index (χ3n) is 3.21. The van der Waals surface area contributed by atoms with Gasteiger partial charge in [0.25, 0.3) is 0 Å². The van der Waals surface area contributed by atoms with Crippen molar-refractivity contribution in [2.45, 2.75) is 39.3 Å². The van der Waals surface area contributed by atoms with E-state index in [1.54, 1.807) is 6.92 Å². The monoisotopic (exact) mass is 366 g/mol. The van der Waals surface area contributed by atoms with E-state index in [1.165, 1.54) is 0 Å². The molecule has 22 heavy (non-hydrogen) atoms. The van der Waals surface area contributed by atoms with Gasteiger partial charge in [-0.05, 0) is 45.4 Å². The Labute approximate surface area is 138 Å². The Balaban J connectivity index is 2.39. The van der Waals surface area contributed by atoms with Gasteiger partial charge in [0.2, 0.25) is 0 Å². The largest absolute Gasteiger partial charge is 0.459 e. The van der Waals surface area contributed by atoms with E-state index in [9.17, 15) is 9.59 Å². The van der Waals surface area contributed by atoms with Gasteiger partial charge in [-0.15, -0.1) is 0 Å². The number of ether oxygens (including phenoxy) is 1. The van der Waals surface area contributed by atoms with Crippen LogP contribution in [-0.4, -0.2) is 23.3 Å². The smallest absolute Gasteiger partial charge is 0.341 e. The summed E-state index contributed by atoms with van der Waals surface area (Å²) < 4.78 is 6.36. The summed E-state index contributed by atoms with van der Waals surface area (Å²) in [6.45, 7) is 7.12. The van der Waals surface area contributed by atoms with Crippen LogP contribution in [0.25, 0.3) is 0 Å². The maximum absolute atomic E-state index is 12.5. The minimum atomic E-state index is -0.633. The molecular weight excluding hydrogens is 348 g/mol. The minimum absolute atomic E-state index is 0.390. The van der Waals surface area contributed by atoms with Crippen molar-refractivity contribution in [2.75, 3.05) is 0 Å². The molecule has 0 spiro atoms. The van der Waals surface area contributed by atoms with Gasteiger partial charge >= 0.3 is 12.0 Å². The first kappa shape index (κ1) is 16.7. The molecule has 0 radical (unpaired) electrons. The molecule has 1 heterocycles. The molecule has 1 aromatic carbocycles. The van der Waals surface area contributed by atoms with Gasteiger partial charge in [0.15, 0.2) is 0 Å². The van der Waals surface area contributed by atoms with Crippen molar-refractivity contribution in [2.24, 2.45) is 10.9 Å². The van der Waals surface area contributed by atoms with Crippen molar-refractivity contribution in [1.29, 1.82) is 0 Å². The lowest BCUT2D eigenvalue weighted by molar-refractivity contribution is -0.158. The third-order valence-corrected chi connectivity index (χ3v) is 3.70. The molecule has 1 aliphatic heterocycles. The second kappa shape index (κ2) is 6.20. The van der Waals surface area contributed by atoms with E-state index >= 15 is 0 Å². The van der Waals surface area contributed by atoms with Gasteiger partial charge in [-0.2, -0.15) is 0 Å². The fourth-order valence-electron chi connectivity index (χ4n) is 2.37. The summed E-state index contributed by atoms with van der Waals surface area (Å²) in [7, 11) is 0. The van der Waals surface area contributed by atoms with Crippen LogP contribution in [0.15, 0.2) is 33.7 Å². The topological polar surface area (TPSA) is 67.8 Å². The van der Waals surface area contributed by atoms with E-state index in [4.69, 9.17) is 4.74 Å². The number of esters is 1. The summed E-state index contributed by atoms with van der Waals surface area (Å²) in [5.74, 6) is -1.02. The number of carbonyl (C=O) groups excluding carboxylic acids is 2. The Morgan fingerprint density at radius 2 is 2.05 bits per heavy atom. The summed E-state index contributed by atoms with van der Waals surface area (Å²) in [5.41, 5.74) is 0.691. The Morgan fingerprint density at radius 3 is 2.64 bits per heavy atom. The van der Waals surface area contributed by atoms with Crippen LogP contribution in [0.4, 0.5) is 4.79 Å². The number of hydrogen-bond acceptors (Lipinski definition) is 3. The zero-order chi connectivity index (χ0) is 16.5. The lowest BCUT2D eigenvalue weighted by Crippen LogP contribution is -2.45. The number of rotatable bonds is 2. The van der Waals surface area contributed by atoms with Crippen LogP contribution in [0, 0.1) is 5.92 Å². The predicted molar refractivity (Wildman–Crippen MR) is 87.9 cm³/mol. The van der Waals surface area contributed by atoms with Gasteiger partial charge in [-0.3, -0.25) is 4.79 Å². The molecule has 118 valence electrons. The van der Waals surface area contributed by atoms with Gasteiger partial charge < -0.3 is 10.1 Å². The molecule has 0 fully saturated rings. The number of hydrogen-bond donors (Lipinski definition) is 1. The fraction of sp³-hybridized carbons (Fsp3) is 0.438. The highest BCUT2D eigenvalue weighted by atomic mass is 79.9. The highest BCUT2D eigenvalue weighted by Gasteiger charge is 2.39. The third kappa shape index (κ3) is 3.94. The summed E-state index contributed by atoms with van der Waals surface area (Å²) >= 11 is 3.41. The molecule has 2 atom stereocenters. The lowest BCUT2D eigenvalue weighted by Gasteiger charge is -2.32. The molecule has 0 bridgehead atoms. The second-order valence-corrected chi connectivity index (χ2v) is 7.16. The number of aliphatic imine (C=N–C) groups is 1. The molecular formula is C16H19BrN2O3. The zero-order valence-electron chi connectivity index (χ0n) is 13.0. The van der Waals surface area contributed by atoms with Crippen molar-refractivity contribution >= 4 is 33.6 Å². The summed E-state index contributed by atoms with van der Waals surface area (Å²) in [5, 5.41) is 2.76. The Morgan fingerprint density at radius 1 is 1.36 bits per heavy atom. The Hall–Kier alpha value is -1.69. The molecule has 1 N–H and O–H groups in total. The van der Waals surface area contributed by atoms with E-state index in [2.05, 4.69) is 26.2 Å². The standard InChI is InChI=1S/C16H19BrN2O3/c1-9-12(14(20)22-16(2,3)4)13(19-15(21)18-9)10-6-5-7-11(17)8-10/h5-8,12-13H,1-4H3,(H,19,21). The van der Waals surface area contributed by atoms with Gasteiger partial charge in [0.1, 0.15) is 11.5 Å². The molecule has 1 aromatic rings. The Bertz CT molecular complexity index is 635. The molecule has 0 saturated heterocycles. The number of nitrogens with zero attached hydrogens (tertiary/aromatic N) is 1. The predicted octanol–water partition coefficient (Wildman–Crippen LogP) is 3.63. The van der Waals surface area contributed by atoms with E-state index in [0.29, 0.717) is 5.71 Å². The summed E-state index contributed by atoms with van der Waals surface area (Å²) in [4.78, 5) is 28.1. The zero-order valence-corrected chi connectivity index (χ0v) is 14.6. The van der Waals surface area contributed by atoms with Crippen LogP contribution in [-0.2, 0) is 9.53 Å². The summed E-state index contributed by atoms with van der Waals surface area (Å²) in [6, 6.07) is 6.56. The van der Waals surface area contributed by atoms with Gasteiger partial charge in [-0.25, -0.2) is 9.79 Å². The lowest BCUT2D eigenvalue weighted by atomic mass is 9.88. The molecule has 0 aromatic heterocycles. The maximum Gasteiger partial charge on any atom is 0.341 e. The molecule has 5 nitrogen and oxygen atoms in total. The van der Waals surface area contributed by atoms with Crippen LogP contribution in [0.3, 0.4) is 0 Å². The van der Waals surface area contributed by atoms with E-state index in [1.807, 2.05) is 45.0 Å². The van der Waals surface area contributed by atoms with Crippen molar-refractivity contribution in [3.63, 3.8) is 0 Å². The summed E-state index contributed by atoms with van der Waals surface area (Å²) in [6.07, 6.45) is 0. The normalized spacial score (nSPS) is 21.9. The molecule has 2 amide bonds. The number of nitrogens with one attached hydrogen (secondary N) is 1. The molecule has 1 aliphatic rings. The number of benzene rings is 1. The van der Waals surface area contributed by atoms with Crippen molar-refractivity contribution in [1.82, 2.24) is 5.32 Å². The number of urea groups is 1. The van der Waals surface area contributed by atoms with Crippen LogP contribution in [0.1, 0.15) is 39.3 Å². The molecule has 0 saturated carbocycles. The second-order valence-electron chi connectivity index (χ2n) is 6.25. The molecule has 6 heteroatoms. The molecule has 0 aliphatic carbocycles. The SMILES string of the molecule is CC1=NC(=O)NC(c2cccc(Br)c2)C1C(=O)OC(C)(C)C. The van der Waals surface area contributed by atoms with Crippen LogP contribution >= 0.6 is 15.9 Å². The average molecular weight is 367 g/mol. The van der Waals surface area contributed by atoms with Crippen LogP contribution < -0.4 is 5.32 Å². The van der Waals surface area contributed by atoms with E-state index < -0.39 is 29.6 Å². The highest BCUT2D eigenvalue weighted by Crippen LogP contribution is 2.30. The van der Waals surface area contributed by atoms with Crippen LogP contribution in [0.2, 0.25) is 0 Å². The van der Waals surface area contributed by atoms with Gasteiger partial charge in [-0.1, -0.05) is 28.1 Å². The molecule has 2 rings (SSSR count). The average Bonchev–Trinajstić information content (AvgIpc) is 2.35. The highest BCUT2D eigenvalue weighted by molar-refractivity contribution is 9.10. The van der Waals surface area contributed by atoms with Crippen molar-refractivity contribution < 1.29 is 14.3 Å². The van der Waals surface area contributed by atoms with Gasteiger partial charge in [0, 0.05) is 10.2 Å². The Kier molecular flexibility index (Phi) is 4.70. The number of amides is 2.